The molecule has 162 valence electrons. The van der Waals surface area contributed by atoms with Crippen LogP contribution in [0.3, 0.4) is 0 Å². The quantitative estimate of drug-likeness (QED) is 0.415. The molecular weight excluding hydrogens is 473 g/mol. The Kier molecular flexibility index (Phi) is 6.01. The Labute approximate surface area is 193 Å². The standard InChI is InChI=1S/C22H15Cl2N3O4S/c23-14-10-15(24)12-16(11-14)32(30,31)27(13-21(28)29)20-7-2-4-17-18(20)5-1-6-19(17)22-25-8-3-9-26-22/h1-12H,13H2,(H,28,29). The summed E-state index contributed by atoms with van der Waals surface area (Å²) in [4.78, 5) is 20.0. The largest absolute Gasteiger partial charge is 0.480 e. The Morgan fingerprint density at radius 1 is 0.906 bits per heavy atom. The number of carbonyl (C=O) groups is 1. The van der Waals surface area contributed by atoms with Crippen molar-refractivity contribution < 1.29 is 18.3 Å². The van der Waals surface area contributed by atoms with Gasteiger partial charge in [0.25, 0.3) is 10.0 Å². The Morgan fingerprint density at radius 2 is 1.53 bits per heavy atom. The summed E-state index contributed by atoms with van der Waals surface area (Å²) in [7, 11) is -4.31. The van der Waals surface area contributed by atoms with Crippen LogP contribution in [-0.2, 0) is 14.8 Å². The van der Waals surface area contributed by atoms with Crippen LogP contribution in [0, 0.1) is 0 Å². The number of nitrogens with zero attached hydrogens (tertiary/aromatic N) is 3. The van der Waals surface area contributed by atoms with Crippen LogP contribution in [0.25, 0.3) is 22.2 Å². The van der Waals surface area contributed by atoms with Gasteiger partial charge >= 0.3 is 5.97 Å². The van der Waals surface area contributed by atoms with E-state index in [-0.39, 0.29) is 20.6 Å². The van der Waals surface area contributed by atoms with E-state index in [4.69, 9.17) is 23.2 Å². The number of anilines is 1. The molecule has 1 N–H and O–H groups in total. The van der Waals surface area contributed by atoms with Crippen molar-refractivity contribution in [2.24, 2.45) is 0 Å². The molecule has 0 spiro atoms. The van der Waals surface area contributed by atoms with Gasteiger partial charge in [-0.15, -0.1) is 0 Å². The second kappa shape index (κ2) is 8.74. The number of sulfonamides is 1. The number of hydrogen-bond acceptors (Lipinski definition) is 5. The van der Waals surface area contributed by atoms with Crippen molar-refractivity contribution in [2.75, 3.05) is 10.8 Å². The van der Waals surface area contributed by atoms with E-state index in [9.17, 15) is 18.3 Å². The average molecular weight is 488 g/mol. The Bertz CT molecular complexity index is 1410. The highest BCUT2D eigenvalue weighted by atomic mass is 35.5. The van der Waals surface area contributed by atoms with E-state index in [0.29, 0.717) is 22.2 Å². The zero-order valence-corrected chi connectivity index (χ0v) is 18.6. The molecule has 3 aromatic carbocycles. The van der Waals surface area contributed by atoms with Crippen molar-refractivity contribution >= 4 is 55.7 Å². The highest BCUT2D eigenvalue weighted by Crippen LogP contribution is 2.36. The van der Waals surface area contributed by atoms with Crippen LogP contribution in [0.4, 0.5) is 5.69 Å². The first-order valence-electron chi connectivity index (χ1n) is 9.27. The van der Waals surface area contributed by atoms with Crippen LogP contribution in [0.2, 0.25) is 10.0 Å². The Morgan fingerprint density at radius 3 is 2.19 bits per heavy atom. The summed E-state index contributed by atoms with van der Waals surface area (Å²) in [5, 5.41) is 10.9. The molecule has 1 aromatic heterocycles. The van der Waals surface area contributed by atoms with E-state index in [0.717, 1.165) is 4.31 Å². The van der Waals surface area contributed by atoms with Gasteiger partial charge in [-0.1, -0.05) is 53.5 Å². The molecule has 1 heterocycles. The minimum Gasteiger partial charge on any atom is -0.480 e. The first-order valence-corrected chi connectivity index (χ1v) is 11.5. The molecule has 0 amide bonds. The van der Waals surface area contributed by atoms with Crippen molar-refractivity contribution in [1.29, 1.82) is 0 Å². The summed E-state index contributed by atoms with van der Waals surface area (Å²) in [6.07, 6.45) is 3.21. The van der Waals surface area contributed by atoms with Gasteiger partial charge in [0.05, 0.1) is 10.6 Å². The molecule has 0 unspecified atom stereocenters. The van der Waals surface area contributed by atoms with Gasteiger partial charge in [-0.2, -0.15) is 0 Å². The molecule has 4 aromatic rings. The maximum Gasteiger partial charge on any atom is 0.324 e. The van der Waals surface area contributed by atoms with E-state index in [1.54, 1.807) is 48.8 Å². The minimum absolute atomic E-state index is 0.118. The maximum absolute atomic E-state index is 13.5. The van der Waals surface area contributed by atoms with Gasteiger partial charge in [-0.3, -0.25) is 9.10 Å². The first kappa shape index (κ1) is 22.0. The van der Waals surface area contributed by atoms with Crippen LogP contribution in [-0.4, -0.2) is 36.0 Å². The first-order chi connectivity index (χ1) is 15.3. The smallest absolute Gasteiger partial charge is 0.324 e. The number of aliphatic carboxylic acids is 1. The predicted octanol–water partition coefficient (Wildman–Crippen LogP) is 4.88. The molecule has 0 saturated carbocycles. The van der Waals surface area contributed by atoms with Gasteiger partial charge in [0.2, 0.25) is 0 Å². The third kappa shape index (κ3) is 4.25. The zero-order valence-electron chi connectivity index (χ0n) is 16.3. The predicted molar refractivity (Wildman–Crippen MR) is 124 cm³/mol. The third-order valence-corrected chi connectivity index (χ3v) is 6.85. The molecule has 4 rings (SSSR count). The van der Waals surface area contributed by atoms with Gasteiger partial charge in [0.1, 0.15) is 6.54 Å². The lowest BCUT2D eigenvalue weighted by Crippen LogP contribution is -2.36. The molecular formula is C22H15Cl2N3O4S. The molecule has 32 heavy (non-hydrogen) atoms. The number of halogens is 2. The van der Waals surface area contributed by atoms with E-state index in [2.05, 4.69) is 9.97 Å². The highest BCUT2D eigenvalue weighted by Gasteiger charge is 2.29. The zero-order chi connectivity index (χ0) is 22.9. The number of rotatable bonds is 6. The van der Waals surface area contributed by atoms with Crippen molar-refractivity contribution in [1.82, 2.24) is 9.97 Å². The van der Waals surface area contributed by atoms with Crippen LogP contribution in [0.5, 0.6) is 0 Å². The lowest BCUT2D eigenvalue weighted by molar-refractivity contribution is -0.135. The molecule has 0 radical (unpaired) electrons. The normalized spacial score (nSPS) is 11.4. The summed E-state index contributed by atoms with van der Waals surface area (Å²) in [5.74, 6) is -0.856. The number of carboxylic acid groups (broad SMARTS) is 1. The molecule has 0 bridgehead atoms. The number of fused-ring (bicyclic) bond motifs is 1. The van der Waals surface area contributed by atoms with Gasteiger partial charge in [0.15, 0.2) is 5.82 Å². The topological polar surface area (TPSA) is 100 Å². The fourth-order valence-corrected chi connectivity index (χ4v) is 5.53. The van der Waals surface area contributed by atoms with E-state index in [1.165, 1.54) is 18.2 Å². The maximum atomic E-state index is 13.5. The van der Waals surface area contributed by atoms with Crippen LogP contribution < -0.4 is 4.31 Å². The fraction of sp³-hybridized carbons (Fsp3) is 0.0455. The van der Waals surface area contributed by atoms with Gasteiger partial charge in [-0.05, 0) is 35.7 Å². The summed E-state index contributed by atoms with van der Waals surface area (Å²) in [6.45, 7) is -0.794. The van der Waals surface area contributed by atoms with Gasteiger partial charge < -0.3 is 5.11 Å². The molecule has 0 aliphatic carbocycles. The molecule has 0 fully saturated rings. The number of benzene rings is 3. The summed E-state index contributed by atoms with van der Waals surface area (Å²) >= 11 is 12.0. The monoisotopic (exact) mass is 487 g/mol. The summed E-state index contributed by atoms with van der Waals surface area (Å²) < 4.78 is 27.8. The second-order valence-electron chi connectivity index (χ2n) is 6.76. The second-order valence-corrected chi connectivity index (χ2v) is 9.50. The third-order valence-electron chi connectivity index (χ3n) is 4.68. The van der Waals surface area contributed by atoms with Crippen molar-refractivity contribution in [3.63, 3.8) is 0 Å². The van der Waals surface area contributed by atoms with Crippen molar-refractivity contribution in [3.8, 4) is 11.4 Å². The summed E-state index contributed by atoms with van der Waals surface area (Å²) in [6, 6.07) is 15.8. The van der Waals surface area contributed by atoms with E-state index >= 15 is 0 Å². The molecule has 0 atom stereocenters. The van der Waals surface area contributed by atoms with Crippen LogP contribution >= 0.6 is 23.2 Å². The molecule has 0 aliphatic rings. The van der Waals surface area contributed by atoms with Crippen molar-refractivity contribution in [3.05, 3.63) is 83.1 Å². The lowest BCUT2D eigenvalue weighted by Gasteiger charge is -2.24. The number of aromatic nitrogens is 2. The number of hydrogen-bond donors (Lipinski definition) is 1. The van der Waals surface area contributed by atoms with Crippen molar-refractivity contribution in [2.45, 2.75) is 4.90 Å². The summed E-state index contributed by atoms with van der Waals surface area (Å²) in [5.41, 5.74) is 0.877. The van der Waals surface area contributed by atoms with E-state index < -0.39 is 22.5 Å². The van der Waals surface area contributed by atoms with Crippen LogP contribution in [0.1, 0.15) is 0 Å². The lowest BCUT2D eigenvalue weighted by atomic mass is 10.0. The molecule has 0 aliphatic heterocycles. The molecule has 7 nitrogen and oxygen atoms in total. The number of carboxylic acids is 1. The van der Waals surface area contributed by atoms with E-state index in [1.807, 2.05) is 6.07 Å². The molecule has 0 saturated heterocycles. The van der Waals surface area contributed by atoms with Crippen LogP contribution in [0.15, 0.2) is 78.0 Å². The fourth-order valence-electron chi connectivity index (χ4n) is 3.37. The Balaban J connectivity index is 1.95. The average Bonchev–Trinajstić information content (AvgIpc) is 2.76. The molecule has 10 heteroatoms. The minimum atomic E-state index is -4.31. The van der Waals surface area contributed by atoms with Gasteiger partial charge in [0, 0.05) is 33.4 Å². The highest BCUT2D eigenvalue weighted by molar-refractivity contribution is 7.92. The Hall–Kier alpha value is -3.20. The van der Waals surface area contributed by atoms with Gasteiger partial charge in [-0.25, -0.2) is 18.4 Å². The SMILES string of the molecule is O=C(O)CN(c1cccc2c(-c3ncccn3)cccc12)S(=O)(=O)c1cc(Cl)cc(Cl)c1.